The number of halogens is 2. The Morgan fingerprint density at radius 3 is 2.62 bits per heavy atom. The van der Waals surface area contributed by atoms with Gasteiger partial charge in [0.05, 0.1) is 13.2 Å². The molecule has 1 fully saturated rings. The second-order valence-electron chi connectivity index (χ2n) is 7.21. The number of benzene rings is 2. The van der Waals surface area contributed by atoms with Gasteiger partial charge >= 0.3 is 0 Å². The zero-order valence-corrected chi connectivity index (χ0v) is 19.0. The molecule has 1 aliphatic rings. The van der Waals surface area contributed by atoms with Gasteiger partial charge < -0.3 is 15.0 Å². The van der Waals surface area contributed by atoms with Crippen LogP contribution in [-0.4, -0.2) is 54.3 Å². The topological polar surface area (TPSA) is 27.7 Å². The lowest BCUT2D eigenvalue weighted by Crippen LogP contribution is -2.40. The lowest BCUT2D eigenvalue weighted by molar-refractivity contribution is 0.0368. The van der Waals surface area contributed by atoms with Gasteiger partial charge in [0.25, 0.3) is 0 Å². The summed E-state index contributed by atoms with van der Waals surface area (Å²) in [7, 11) is 0. The van der Waals surface area contributed by atoms with E-state index in [9.17, 15) is 0 Å². The van der Waals surface area contributed by atoms with Crippen molar-refractivity contribution in [1.82, 2.24) is 9.80 Å². The Labute approximate surface area is 188 Å². The van der Waals surface area contributed by atoms with Crippen molar-refractivity contribution in [2.24, 2.45) is 0 Å². The van der Waals surface area contributed by atoms with E-state index in [-0.39, 0.29) is 0 Å². The van der Waals surface area contributed by atoms with Crippen molar-refractivity contribution in [1.29, 1.82) is 0 Å². The summed E-state index contributed by atoms with van der Waals surface area (Å²) >= 11 is 18.4. The van der Waals surface area contributed by atoms with E-state index < -0.39 is 0 Å². The summed E-state index contributed by atoms with van der Waals surface area (Å²) in [6, 6.07) is 13.8. The molecule has 2 aromatic carbocycles. The summed E-state index contributed by atoms with van der Waals surface area (Å²) in [6.45, 7) is 8.14. The second-order valence-corrected chi connectivity index (χ2v) is 8.42. The second kappa shape index (κ2) is 11.1. The summed E-state index contributed by atoms with van der Waals surface area (Å²) in [5, 5.41) is 5.49. The van der Waals surface area contributed by atoms with E-state index in [2.05, 4.69) is 15.1 Å². The third-order valence-corrected chi connectivity index (χ3v) is 6.17. The van der Waals surface area contributed by atoms with Crippen LogP contribution in [0.3, 0.4) is 0 Å². The minimum atomic E-state index is 0.661. The summed E-state index contributed by atoms with van der Waals surface area (Å²) in [5.74, 6) is 0. The molecule has 4 nitrogen and oxygen atoms in total. The van der Waals surface area contributed by atoms with Crippen molar-refractivity contribution >= 4 is 46.2 Å². The highest BCUT2D eigenvalue weighted by molar-refractivity contribution is 7.80. The van der Waals surface area contributed by atoms with Crippen molar-refractivity contribution in [3.05, 3.63) is 63.6 Å². The van der Waals surface area contributed by atoms with E-state index in [0.717, 1.165) is 72.7 Å². The normalized spacial score (nSPS) is 14.6. The molecule has 2 aromatic rings. The maximum absolute atomic E-state index is 6.40. The van der Waals surface area contributed by atoms with Crippen molar-refractivity contribution < 1.29 is 4.74 Å². The Morgan fingerprint density at radius 2 is 1.90 bits per heavy atom. The first-order valence-corrected chi connectivity index (χ1v) is 11.0. The molecule has 156 valence electrons. The molecule has 0 bridgehead atoms. The zero-order chi connectivity index (χ0) is 20.6. The number of rotatable bonds is 7. The molecule has 0 unspecified atom stereocenters. The number of thiocarbonyl (C=S) groups is 1. The van der Waals surface area contributed by atoms with Gasteiger partial charge in [-0.15, -0.1) is 0 Å². The fourth-order valence-electron chi connectivity index (χ4n) is 3.27. The predicted molar refractivity (Wildman–Crippen MR) is 126 cm³/mol. The van der Waals surface area contributed by atoms with E-state index in [4.69, 9.17) is 40.2 Å². The molecule has 29 heavy (non-hydrogen) atoms. The standard InChI is InChI=1S/C22H27Cl2N3OS/c1-17-7-8-19(15-21(17)24)25-22(29)27(16-18-5-2-3-6-20(18)23)10-4-9-26-11-13-28-14-12-26/h2-3,5-8,15H,4,9-14,16H2,1H3,(H,25,29). The fourth-order valence-corrected chi connectivity index (χ4v) is 3.92. The minimum Gasteiger partial charge on any atom is -0.379 e. The SMILES string of the molecule is Cc1ccc(NC(=S)N(CCCN2CCOCC2)Cc2ccccc2Cl)cc1Cl. The van der Waals surface area contributed by atoms with Gasteiger partial charge in [-0.3, -0.25) is 4.90 Å². The van der Waals surface area contributed by atoms with E-state index in [0.29, 0.717) is 11.7 Å². The molecule has 0 atom stereocenters. The number of morpholine rings is 1. The number of anilines is 1. The highest BCUT2D eigenvalue weighted by Crippen LogP contribution is 2.22. The molecule has 0 spiro atoms. The van der Waals surface area contributed by atoms with Gasteiger partial charge in [-0.05, 0) is 54.9 Å². The van der Waals surface area contributed by atoms with Gasteiger partial charge in [-0.1, -0.05) is 47.5 Å². The molecule has 0 saturated carbocycles. The van der Waals surface area contributed by atoms with Crippen LogP contribution in [-0.2, 0) is 11.3 Å². The summed E-state index contributed by atoms with van der Waals surface area (Å²) in [4.78, 5) is 4.61. The molecule has 1 saturated heterocycles. The highest BCUT2D eigenvalue weighted by atomic mass is 35.5. The molecule has 1 N–H and O–H groups in total. The average molecular weight is 452 g/mol. The highest BCUT2D eigenvalue weighted by Gasteiger charge is 2.15. The number of hydrogen-bond donors (Lipinski definition) is 1. The fraction of sp³-hybridized carbons (Fsp3) is 0.409. The number of aryl methyl sites for hydroxylation is 1. The predicted octanol–water partition coefficient (Wildman–Crippen LogP) is 5.22. The molecule has 3 rings (SSSR count). The third-order valence-electron chi connectivity index (χ3n) is 5.04. The molecular formula is C22H27Cl2N3OS. The lowest BCUT2D eigenvalue weighted by atomic mass is 10.2. The van der Waals surface area contributed by atoms with Crippen molar-refractivity contribution in [2.45, 2.75) is 19.9 Å². The smallest absolute Gasteiger partial charge is 0.173 e. The van der Waals surface area contributed by atoms with Crippen LogP contribution in [0.1, 0.15) is 17.5 Å². The van der Waals surface area contributed by atoms with Gasteiger partial charge in [-0.25, -0.2) is 0 Å². The number of nitrogens with one attached hydrogen (secondary N) is 1. The van der Waals surface area contributed by atoms with Crippen LogP contribution < -0.4 is 5.32 Å². The lowest BCUT2D eigenvalue weighted by Gasteiger charge is -2.30. The zero-order valence-electron chi connectivity index (χ0n) is 16.7. The van der Waals surface area contributed by atoms with Gasteiger partial charge in [0, 0.05) is 48.5 Å². The van der Waals surface area contributed by atoms with Crippen LogP contribution in [0.15, 0.2) is 42.5 Å². The molecular weight excluding hydrogens is 425 g/mol. The summed E-state index contributed by atoms with van der Waals surface area (Å²) in [5.41, 5.74) is 3.00. The van der Waals surface area contributed by atoms with E-state index >= 15 is 0 Å². The van der Waals surface area contributed by atoms with Gasteiger partial charge in [0.1, 0.15) is 0 Å². The molecule has 0 aliphatic carbocycles. The van der Waals surface area contributed by atoms with Gasteiger partial charge in [0.15, 0.2) is 5.11 Å². The van der Waals surface area contributed by atoms with Crippen LogP contribution in [0.4, 0.5) is 5.69 Å². The van der Waals surface area contributed by atoms with Crippen LogP contribution in [0.5, 0.6) is 0 Å². The van der Waals surface area contributed by atoms with Gasteiger partial charge in [-0.2, -0.15) is 0 Å². The molecule has 1 aliphatic heterocycles. The van der Waals surface area contributed by atoms with Gasteiger partial charge in [0.2, 0.25) is 0 Å². The van der Waals surface area contributed by atoms with Crippen LogP contribution in [0, 0.1) is 6.92 Å². The van der Waals surface area contributed by atoms with Crippen LogP contribution >= 0.6 is 35.4 Å². The molecule has 0 amide bonds. The van der Waals surface area contributed by atoms with Crippen molar-refractivity contribution in [3.63, 3.8) is 0 Å². The summed E-state index contributed by atoms with van der Waals surface area (Å²) in [6.07, 6.45) is 1.01. The van der Waals surface area contributed by atoms with E-state index in [1.54, 1.807) is 0 Å². The maximum Gasteiger partial charge on any atom is 0.173 e. The van der Waals surface area contributed by atoms with Crippen LogP contribution in [0.25, 0.3) is 0 Å². The average Bonchev–Trinajstić information content (AvgIpc) is 2.72. The number of hydrogen-bond acceptors (Lipinski definition) is 3. The molecule has 7 heteroatoms. The third kappa shape index (κ3) is 6.83. The Balaban J connectivity index is 1.65. The first kappa shape index (κ1) is 22.3. The first-order valence-electron chi connectivity index (χ1n) is 9.88. The maximum atomic E-state index is 6.40. The van der Waals surface area contributed by atoms with Crippen molar-refractivity contribution in [3.8, 4) is 0 Å². The summed E-state index contributed by atoms with van der Waals surface area (Å²) < 4.78 is 5.43. The number of nitrogens with zero attached hydrogens (tertiary/aromatic N) is 2. The largest absolute Gasteiger partial charge is 0.379 e. The molecule has 0 radical (unpaired) electrons. The Hall–Kier alpha value is -1.37. The monoisotopic (exact) mass is 451 g/mol. The van der Waals surface area contributed by atoms with E-state index in [1.165, 1.54) is 0 Å². The van der Waals surface area contributed by atoms with E-state index in [1.807, 2.05) is 49.4 Å². The Bertz CT molecular complexity index is 827. The first-order chi connectivity index (χ1) is 14.0. The Kier molecular flexibility index (Phi) is 8.57. The van der Waals surface area contributed by atoms with Crippen LogP contribution in [0.2, 0.25) is 10.0 Å². The quantitative estimate of drug-likeness (QED) is 0.582. The minimum absolute atomic E-state index is 0.661. The Morgan fingerprint density at radius 1 is 1.14 bits per heavy atom. The molecule has 0 aromatic heterocycles. The van der Waals surface area contributed by atoms with Crippen molar-refractivity contribution in [2.75, 3.05) is 44.7 Å². The number of ether oxygens (including phenoxy) is 1. The molecule has 1 heterocycles.